The number of carbonyl (C=O) groups is 2. The zero-order valence-electron chi connectivity index (χ0n) is 14.4. The average Bonchev–Trinajstić information content (AvgIpc) is 2.89. The molecule has 1 saturated heterocycles. The summed E-state index contributed by atoms with van der Waals surface area (Å²) in [6, 6.07) is 0. The quantitative estimate of drug-likeness (QED) is 0.453. The van der Waals surface area contributed by atoms with Gasteiger partial charge in [-0.1, -0.05) is 20.1 Å². The fraction of sp³-hybridized carbons (Fsp3) is 0.579. The third-order valence-corrected chi connectivity index (χ3v) is 5.90. The summed E-state index contributed by atoms with van der Waals surface area (Å²) < 4.78 is 11.2. The minimum absolute atomic E-state index is 0.0106. The molecule has 0 amide bonds. The molecule has 25 heavy (non-hydrogen) atoms. The lowest BCUT2D eigenvalue weighted by Gasteiger charge is -2.49. The summed E-state index contributed by atoms with van der Waals surface area (Å²) in [7, 11) is 0. The maximum atomic E-state index is 12.1. The number of rotatable bonds is 4. The van der Waals surface area contributed by atoms with Gasteiger partial charge in [0.1, 0.15) is 12.2 Å². The average molecular weight is 348 g/mol. The van der Waals surface area contributed by atoms with E-state index in [0.29, 0.717) is 31.3 Å². The smallest absolute Gasteiger partial charge is 0.336 e. The largest absolute Gasteiger partial charge is 0.458 e. The van der Waals surface area contributed by atoms with Crippen LogP contribution in [0, 0.1) is 11.3 Å². The number of fused-ring (bicyclic) bond motifs is 3. The fourth-order valence-corrected chi connectivity index (χ4v) is 4.44. The molecule has 6 nitrogen and oxygen atoms in total. The molecule has 0 unspecified atom stereocenters. The monoisotopic (exact) mass is 348 g/mol. The molecule has 1 aliphatic heterocycles. The molecule has 0 aromatic carbocycles. The molecule has 0 aromatic rings. The molecule has 1 saturated carbocycles. The molecule has 0 radical (unpaired) electrons. The van der Waals surface area contributed by atoms with Gasteiger partial charge in [0.2, 0.25) is 0 Å². The van der Waals surface area contributed by atoms with Gasteiger partial charge < -0.3 is 19.7 Å². The van der Waals surface area contributed by atoms with Crippen molar-refractivity contribution in [1.29, 1.82) is 0 Å². The second kappa shape index (κ2) is 6.42. The molecule has 0 bridgehead atoms. The minimum Gasteiger partial charge on any atom is -0.458 e. The number of aliphatic hydroxyl groups excluding tert-OH is 2. The summed E-state index contributed by atoms with van der Waals surface area (Å²) in [5, 5.41) is 18.9. The first-order valence-electron chi connectivity index (χ1n) is 8.56. The lowest BCUT2D eigenvalue weighted by Crippen LogP contribution is -2.49. The van der Waals surface area contributed by atoms with Crippen LogP contribution >= 0.6 is 0 Å². The Morgan fingerprint density at radius 2 is 2.12 bits per heavy atom. The van der Waals surface area contributed by atoms with Crippen molar-refractivity contribution in [2.45, 2.75) is 44.8 Å². The zero-order valence-corrected chi connectivity index (χ0v) is 14.4. The molecule has 0 spiro atoms. The maximum Gasteiger partial charge on any atom is 0.336 e. The summed E-state index contributed by atoms with van der Waals surface area (Å²) in [5.74, 6) is -1.09. The van der Waals surface area contributed by atoms with Crippen molar-refractivity contribution in [2.24, 2.45) is 11.3 Å². The first-order chi connectivity index (χ1) is 11.8. The van der Waals surface area contributed by atoms with Crippen LogP contribution in [0.3, 0.4) is 0 Å². The molecule has 6 heteroatoms. The molecular formula is C19H24O6. The van der Waals surface area contributed by atoms with Crippen LogP contribution in [-0.4, -0.2) is 47.6 Å². The van der Waals surface area contributed by atoms with Crippen molar-refractivity contribution in [3.05, 3.63) is 35.5 Å². The Kier molecular flexibility index (Phi) is 4.60. The number of aliphatic hydroxyl groups is 2. The molecule has 136 valence electrons. The van der Waals surface area contributed by atoms with Gasteiger partial charge in [0, 0.05) is 16.9 Å². The molecule has 3 aliphatic rings. The molecule has 2 fully saturated rings. The van der Waals surface area contributed by atoms with Crippen molar-refractivity contribution in [3.63, 3.8) is 0 Å². The van der Waals surface area contributed by atoms with E-state index in [0.717, 1.165) is 11.1 Å². The molecule has 2 N–H and O–H groups in total. The van der Waals surface area contributed by atoms with Gasteiger partial charge in [-0.15, -0.1) is 0 Å². The summed E-state index contributed by atoms with van der Waals surface area (Å²) in [5.41, 5.74) is 1.69. The van der Waals surface area contributed by atoms with E-state index in [2.05, 4.69) is 13.2 Å². The number of hydrogen-bond acceptors (Lipinski definition) is 6. The summed E-state index contributed by atoms with van der Waals surface area (Å²) in [6.07, 6.45) is 1.70. The van der Waals surface area contributed by atoms with E-state index in [1.165, 1.54) is 0 Å². The second-order valence-corrected chi connectivity index (χ2v) is 7.28. The van der Waals surface area contributed by atoms with Crippen molar-refractivity contribution in [2.75, 3.05) is 13.2 Å². The second-order valence-electron chi connectivity index (χ2n) is 7.28. The molecule has 1 heterocycles. The van der Waals surface area contributed by atoms with Crippen LogP contribution in [0.1, 0.15) is 32.6 Å². The lowest BCUT2D eigenvalue weighted by atomic mass is 9.58. The Morgan fingerprint density at radius 3 is 2.76 bits per heavy atom. The molecule has 0 aromatic heterocycles. The highest BCUT2D eigenvalue weighted by Gasteiger charge is 2.56. The number of ether oxygens (including phenoxy) is 2. The first kappa shape index (κ1) is 17.9. The minimum atomic E-state index is -0.615. The Bertz CT molecular complexity index is 675. The Hall–Kier alpha value is -1.92. The van der Waals surface area contributed by atoms with Crippen LogP contribution in [-0.2, 0) is 19.1 Å². The van der Waals surface area contributed by atoms with E-state index in [4.69, 9.17) is 14.6 Å². The van der Waals surface area contributed by atoms with Gasteiger partial charge in [-0.25, -0.2) is 9.59 Å². The van der Waals surface area contributed by atoms with Gasteiger partial charge in [-0.05, 0) is 36.8 Å². The summed E-state index contributed by atoms with van der Waals surface area (Å²) >= 11 is 0. The van der Waals surface area contributed by atoms with E-state index >= 15 is 0 Å². The Balaban J connectivity index is 1.96. The highest BCUT2D eigenvalue weighted by atomic mass is 16.6. The van der Waals surface area contributed by atoms with E-state index in [1.54, 1.807) is 0 Å². The van der Waals surface area contributed by atoms with Gasteiger partial charge in [0.05, 0.1) is 18.8 Å². The van der Waals surface area contributed by atoms with Crippen molar-refractivity contribution < 1.29 is 29.3 Å². The van der Waals surface area contributed by atoms with E-state index < -0.39 is 36.2 Å². The van der Waals surface area contributed by atoms with Crippen molar-refractivity contribution in [3.8, 4) is 0 Å². The van der Waals surface area contributed by atoms with Gasteiger partial charge in [0.25, 0.3) is 0 Å². The van der Waals surface area contributed by atoms with Crippen LogP contribution in [0.15, 0.2) is 35.5 Å². The normalized spacial score (nSPS) is 34.3. The van der Waals surface area contributed by atoms with Gasteiger partial charge in [-0.3, -0.25) is 0 Å². The molecule has 4 atom stereocenters. The van der Waals surface area contributed by atoms with Gasteiger partial charge in [-0.2, -0.15) is 0 Å². The van der Waals surface area contributed by atoms with Crippen LogP contribution in [0.4, 0.5) is 0 Å². The van der Waals surface area contributed by atoms with Crippen LogP contribution < -0.4 is 0 Å². The summed E-state index contributed by atoms with van der Waals surface area (Å²) in [4.78, 5) is 24.1. The predicted octanol–water partition coefficient (Wildman–Crippen LogP) is 1.43. The standard InChI is InChI=1S/C19H24O6/c1-10(8-20)17(22)24-14-5-4-12(9-21)15-16-13(6-7-19(14,15)3)11(2)18(23)25-16/h13-14,16,20-21H,1-2,4-9H2,3H3/t13-,14-,16-,19-/m0/s1. The van der Waals surface area contributed by atoms with E-state index in [1.807, 2.05) is 6.92 Å². The third-order valence-electron chi connectivity index (χ3n) is 5.90. The Labute approximate surface area is 146 Å². The van der Waals surface area contributed by atoms with E-state index in [-0.39, 0.29) is 18.1 Å². The topological polar surface area (TPSA) is 93.1 Å². The van der Waals surface area contributed by atoms with Crippen molar-refractivity contribution in [1.82, 2.24) is 0 Å². The first-order valence-corrected chi connectivity index (χ1v) is 8.56. The van der Waals surface area contributed by atoms with Gasteiger partial charge >= 0.3 is 11.9 Å². The van der Waals surface area contributed by atoms with Crippen molar-refractivity contribution >= 4 is 11.9 Å². The lowest BCUT2D eigenvalue weighted by molar-refractivity contribution is -0.154. The van der Waals surface area contributed by atoms with E-state index in [9.17, 15) is 14.7 Å². The van der Waals surface area contributed by atoms with Crippen LogP contribution in [0.25, 0.3) is 0 Å². The maximum absolute atomic E-state index is 12.1. The number of esters is 2. The molecule has 2 aliphatic carbocycles. The highest BCUT2D eigenvalue weighted by Crippen LogP contribution is 2.56. The number of hydrogen-bond donors (Lipinski definition) is 2. The van der Waals surface area contributed by atoms with Crippen LogP contribution in [0.2, 0.25) is 0 Å². The predicted molar refractivity (Wildman–Crippen MR) is 89.3 cm³/mol. The number of carbonyl (C=O) groups excluding carboxylic acids is 2. The zero-order chi connectivity index (χ0) is 18.4. The van der Waals surface area contributed by atoms with Gasteiger partial charge in [0.15, 0.2) is 0 Å². The highest BCUT2D eigenvalue weighted by molar-refractivity contribution is 5.91. The SMILES string of the molecule is C=C(CO)C(=O)O[C@H]1CCC(CO)=C2[C@H]3OC(=O)C(=C)[C@@H]3CC[C@]21C. The van der Waals surface area contributed by atoms with Crippen LogP contribution in [0.5, 0.6) is 0 Å². The molecule has 3 rings (SSSR count). The fourth-order valence-electron chi connectivity index (χ4n) is 4.44. The summed E-state index contributed by atoms with van der Waals surface area (Å²) in [6.45, 7) is 8.79. The third kappa shape index (κ3) is 2.73. The molecular weight excluding hydrogens is 324 g/mol. The Morgan fingerprint density at radius 1 is 1.40 bits per heavy atom.